The van der Waals surface area contributed by atoms with Crippen LogP contribution in [-0.4, -0.2) is 25.3 Å². The fourth-order valence-electron chi connectivity index (χ4n) is 2.82. The van der Waals surface area contributed by atoms with Crippen molar-refractivity contribution in [2.75, 3.05) is 20.2 Å². The second-order valence-corrected chi connectivity index (χ2v) is 5.70. The molecule has 3 nitrogen and oxygen atoms in total. The van der Waals surface area contributed by atoms with Crippen LogP contribution in [0.4, 0.5) is 0 Å². The molecule has 4 heteroatoms. The van der Waals surface area contributed by atoms with Crippen LogP contribution in [-0.2, 0) is 0 Å². The number of ether oxygens (including phenoxy) is 1. The lowest BCUT2D eigenvalue weighted by Crippen LogP contribution is -2.29. The normalized spacial score (nSPS) is 19.9. The van der Waals surface area contributed by atoms with Crippen LogP contribution in [0.15, 0.2) is 4.47 Å². The molecule has 18 heavy (non-hydrogen) atoms. The second-order valence-electron chi connectivity index (χ2n) is 4.90. The number of nitrogens with one attached hydrogen (secondary N) is 1. The average molecular weight is 314 g/mol. The van der Waals surface area contributed by atoms with Crippen LogP contribution in [0.5, 0.6) is 11.5 Å². The highest BCUT2D eigenvalue weighted by Gasteiger charge is 2.25. The average Bonchev–Trinajstić information content (AvgIpc) is 2.38. The van der Waals surface area contributed by atoms with E-state index in [-0.39, 0.29) is 0 Å². The Kier molecular flexibility index (Phi) is 4.17. The Morgan fingerprint density at radius 2 is 2.06 bits per heavy atom. The Balaban J connectivity index is 2.54. The maximum Gasteiger partial charge on any atom is 0.164 e. The van der Waals surface area contributed by atoms with Crippen LogP contribution in [0.3, 0.4) is 0 Å². The van der Waals surface area contributed by atoms with Crippen molar-refractivity contribution < 1.29 is 9.84 Å². The van der Waals surface area contributed by atoms with Crippen molar-refractivity contribution in [3.05, 3.63) is 21.2 Å². The molecule has 0 amide bonds. The molecule has 0 radical (unpaired) electrons. The zero-order valence-corrected chi connectivity index (χ0v) is 12.7. The molecule has 1 atom stereocenters. The van der Waals surface area contributed by atoms with E-state index < -0.39 is 0 Å². The molecule has 1 aliphatic rings. The molecule has 2 rings (SSSR count). The maximum absolute atomic E-state index is 10.5. The van der Waals surface area contributed by atoms with Crippen LogP contribution in [0.1, 0.15) is 35.4 Å². The van der Waals surface area contributed by atoms with Crippen molar-refractivity contribution in [3.63, 3.8) is 0 Å². The summed E-state index contributed by atoms with van der Waals surface area (Å²) >= 11 is 3.61. The lowest BCUT2D eigenvalue weighted by Gasteiger charge is -2.27. The number of phenolic OH excluding ortho intramolecular Hbond substituents is 1. The highest BCUT2D eigenvalue weighted by Crippen LogP contribution is 2.45. The SMILES string of the molecule is COc1c(C)c(Br)c(C)c(C2CCCNC2)c1O. The zero-order valence-electron chi connectivity index (χ0n) is 11.1. The van der Waals surface area contributed by atoms with E-state index in [1.165, 1.54) is 0 Å². The van der Waals surface area contributed by atoms with Gasteiger partial charge in [0.05, 0.1) is 7.11 Å². The third-order valence-corrected chi connectivity index (χ3v) is 4.97. The predicted molar refractivity (Wildman–Crippen MR) is 76.7 cm³/mol. The summed E-state index contributed by atoms with van der Waals surface area (Å²) in [5, 5.41) is 13.8. The van der Waals surface area contributed by atoms with Gasteiger partial charge in [0, 0.05) is 28.1 Å². The van der Waals surface area contributed by atoms with E-state index in [1.807, 2.05) is 6.92 Å². The highest BCUT2D eigenvalue weighted by molar-refractivity contribution is 9.10. The number of piperidine rings is 1. The van der Waals surface area contributed by atoms with E-state index >= 15 is 0 Å². The fraction of sp³-hybridized carbons (Fsp3) is 0.571. The van der Waals surface area contributed by atoms with Gasteiger partial charge in [0.15, 0.2) is 11.5 Å². The summed E-state index contributed by atoms with van der Waals surface area (Å²) in [4.78, 5) is 0. The molecule has 2 N–H and O–H groups in total. The van der Waals surface area contributed by atoms with E-state index in [1.54, 1.807) is 7.11 Å². The van der Waals surface area contributed by atoms with Crippen LogP contribution >= 0.6 is 15.9 Å². The Labute approximate surface area is 117 Å². The Hall–Kier alpha value is -0.740. The van der Waals surface area contributed by atoms with Crippen LogP contribution in [0.2, 0.25) is 0 Å². The van der Waals surface area contributed by atoms with Gasteiger partial charge in [-0.15, -0.1) is 0 Å². The number of methoxy groups -OCH3 is 1. The van der Waals surface area contributed by atoms with Crippen LogP contribution in [0, 0.1) is 13.8 Å². The third kappa shape index (κ3) is 2.24. The smallest absolute Gasteiger partial charge is 0.164 e. The van der Waals surface area contributed by atoms with E-state index in [0.717, 1.165) is 47.1 Å². The first kappa shape index (κ1) is 13.7. The topological polar surface area (TPSA) is 41.5 Å². The first-order valence-electron chi connectivity index (χ1n) is 6.34. The van der Waals surface area contributed by atoms with Gasteiger partial charge < -0.3 is 15.2 Å². The van der Waals surface area contributed by atoms with Crippen molar-refractivity contribution >= 4 is 15.9 Å². The molecule has 1 aliphatic heterocycles. The number of phenols is 1. The highest BCUT2D eigenvalue weighted by atomic mass is 79.9. The van der Waals surface area contributed by atoms with Crippen molar-refractivity contribution in [1.82, 2.24) is 5.32 Å². The first-order chi connectivity index (χ1) is 8.57. The predicted octanol–water partition coefficient (Wildman–Crippen LogP) is 3.25. The van der Waals surface area contributed by atoms with Crippen molar-refractivity contribution in [2.45, 2.75) is 32.6 Å². The number of halogens is 1. The van der Waals surface area contributed by atoms with Crippen molar-refractivity contribution in [2.24, 2.45) is 0 Å². The van der Waals surface area contributed by atoms with Gasteiger partial charge in [-0.2, -0.15) is 0 Å². The second kappa shape index (κ2) is 5.49. The number of rotatable bonds is 2. The maximum atomic E-state index is 10.5. The minimum atomic E-state index is 0.310. The first-order valence-corrected chi connectivity index (χ1v) is 7.13. The van der Waals surface area contributed by atoms with Crippen LogP contribution in [0.25, 0.3) is 0 Å². The summed E-state index contributed by atoms with van der Waals surface area (Å²) in [5.41, 5.74) is 3.11. The number of aromatic hydroxyl groups is 1. The minimum Gasteiger partial charge on any atom is -0.504 e. The summed E-state index contributed by atoms with van der Waals surface area (Å²) in [6, 6.07) is 0. The van der Waals surface area contributed by atoms with E-state index in [9.17, 15) is 5.11 Å². The monoisotopic (exact) mass is 313 g/mol. The molecule has 1 fully saturated rings. The largest absolute Gasteiger partial charge is 0.504 e. The minimum absolute atomic E-state index is 0.310. The molecule has 0 bridgehead atoms. The van der Waals surface area contributed by atoms with Crippen LogP contribution < -0.4 is 10.1 Å². The molecule has 1 saturated heterocycles. The lowest BCUT2D eigenvalue weighted by atomic mass is 9.87. The molecule has 1 aromatic rings. The quantitative estimate of drug-likeness (QED) is 0.880. The Morgan fingerprint density at radius 1 is 1.33 bits per heavy atom. The Morgan fingerprint density at radius 3 is 2.61 bits per heavy atom. The lowest BCUT2D eigenvalue weighted by molar-refractivity contribution is 0.359. The molecular formula is C14H20BrNO2. The number of benzene rings is 1. The van der Waals surface area contributed by atoms with Crippen molar-refractivity contribution in [3.8, 4) is 11.5 Å². The van der Waals surface area contributed by atoms with E-state index in [0.29, 0.717) is 17.4 Å². The molecule has 0 spiro atoms. The standard InChI is InChI=1S/C14H20BrNO2/c1-8-11(10-5-4-6-16-7-10)13(17)14(18-3)9(2)12(8)15/h10,16-17H,4-7H2,1-3H3. The van der Waals surface area contributed by atoms with E-state index in [2.05, 4.69) is 28.2 Å². The third-order valence-electron chi connectivity index (χ3n) is 3.78. The Bertz CT molecular complexity index is 454. The zero-order chi connectivity index (χ0) is 13.3. The molecule has 1 heterocycles. The van der Waals surface area contributed by atoms with E-state index in [4.69, 9.17) is 4.74 Å². The van der Waals surface area contributed by atoms with Gasteiger partial charge in [-0.1, -0.05) is 15.9 Å². The fourth-order valence-corrected chi connectivity index (χ4v) is 3.22. The molecule has 1 unspecified atom stereocenters. The molecule has 0 aromatic heterocycles. The number of hydrogen-bond donors (Lipinski definition) is 2. The van der Waals surface area contributed by atoms with Gasteiger partial charge in [0.1, 0.15) is 0 Å². The number of hydrogen-bond acceptors (Lipinski definition) is 3. The molecule has 0 saturated carbocycles. The van der Waals surface area contributed by atoms with Gasteiger partial charge in [-0.05, 0) is 38.8 Å². The van der Waals surface area contributed by atoms with Gasteiger partial charge in [0.2, 0.25) is 0 Å². The van der Waals surface area contributed by atoms with Gasteiger partial charge in [-0.3, -0.25) is 0 Å². The summed E-state index contributed by atoms with van der Waals surface area (Å²) < 4.78 is 6.38. The molecule has 0 aliphatic carbocycles. The summed E-state index contributed by atoms with van der Waals surface area (Å²) in [5.74, 6) is 1.27. The molecule has 100 valence electrons. The molecular weight excluding hydrogens is 294 g/mol. The van der Waals surface area contributed by atoms with Gasteiger partial charge in [-0.25, -0.2) is 0 Å². The summed E-state index contributed by atoms with van der Waals surface area (Å²) in [6.07, 6.45) is 2.26. The summed E-state index contributed by atoms with van der Waals surface area (Å²) in [7, 11) is 1.60. The molecule has 1 aromatic carbocycles. The van der Waals surface area contributed by atoms with Crippen molar-refractivity contribution in [1.29, 1.82) is 0 Å². The van der Waals surface area contributed by atoms with Gasteiger partial charge >= 0.3 is 0 Å². The van der Waals surface area contributed by atoms with Gasteiger partial charge in [0.25, 0.3) is 0 Å². The summed E-state index contributed by atoms with van der Waals surface area (Å²) in [6.45, 7) is 6.01.